The SMILES string of the molecule is CCCNC(N)=NCC1(c2cccc(C(F)(F)F)c2)CCC1. The summed E-state index contributed by atoms with van der Waals surface area (Å²) in [7, 11) is 0. The summed E-state index contributed by atoms with van der Waals surface area (Å²) in [5.74, 6) is 0.361. The predicted octanol–water partition coefficient (Wildman–Crippen LogP) is 3.44. The van der Waals surface area contributed by atoms with Gasteiger partial charge >= 0.3 is 6.18 Å². The maximum Gasteiger partial charge on any atom is 0.416 e. The molecule has 0 atom stereocenters. The van der Waals surface area contributed by atoms with Crippen molar-refractivity contribution in [2.75, 3.05) is 13.1 Å². The number of nitrogens with two attached hydrogens (primary N) is 1. The van der Waals surface area contributed by atoms with Crippen LogP contribution in [0, 0.1) is 0 Å². The average molecular weight is 313 g/mol. The van der Waals surface area contributed by atoms with Crippen LogP contribution in [-0.2, 0) is 11.6 Å². The highest BCUT2D eigenvalue weighted by molar-refractivity contribution is 5.77. The monoisotopic (exact) mass is 313 g/mol. The molecule has 0 aromatic heterocycles. The Labute approximate surface area is 128 Å². The molecule has 1 saturated carbocycles. The van der Waals surface area contributed by atoms with Gasteiger partial charge in [-0.2, -0.15) is 13.2 Å². The lowest BCUT2D eigenvalue weighted by molar-refractivity contribution is -0.137. The second-order valence-corrected chi connectivity index (χ2v) is 5.84. The van der Waals surface area contributed by atoms with E-state index in [2.05, 4.69) is 10.3 Å². The Morgan fingerprint density at radius 1 is 1.36 bits per heavy atom. The van der Waals surface area contributed by atoms with Gasteiger partial charge in [0, 0.05) is 12.0 Å². The molecule has 0 amide bonds. The molecule has 0 saturated heterocycles. The smallest absolute Gasteiger partial charge is 0.370 e. The van der Waals surface area contributed by atoms with Crippen molar-refractivity contribution in [1.82, 2.24) is 5.32 Å². The van der Waals surface area contributed by atoms with Crippen molar-refractivity contribution < 1.29 is 13.2 Å². The van der Waals surface area contributed by atoms with Gasteiger partial charge in [0.2, 0.25) is 0 Å². The average Bonchev–Trinajstić information content (AvgIpc) is 2.43. The van der Waals surface area contributed by atoms with Gasteiger partial charge in [0.05, 0.1) is 12.1 Å². The van der Waals surface area contributed by atoms with Crippen LogP contribution in [0.15, 0.2) is 29.3 Å². The van der Waals surface area contributed by atoms with Crippen molar-refractivity contribution in [3.05, 3.63) is 35.4 Å². The van der Waals surface area contributed by atoms with Crippen molar-refractivity contribution >= 4 is 5.96 Å². The van der Waals surface area contributed by atoms with Crippen LogP contribution in [0.5, 0.6) is 0 Å². The molecule has 122 valence electrons. The van der Waals surface area contributed by atoms with Crippen molar-refractivity contribution in [3.8, 4) is 0 Å². The Morgan fingerprint density at radius 2 is 2.09 bits per heavy atom. The Bertz CT molecular complexity index is 534. The topological polar surface area (TPSA) is 50.4 Å². The number of guanidine groups is 1. The zero-order chi connectivity index (χ0) is 16.2. The van der Waals surface area contributed by atoms with Crippen LogP contribution in [0.2, 0.25) is 0 Å². The maximum absolute atomic E-state index is 12.9. The lowest BCUT2D eigenvalue weighted by atomic mass is 9.64. The fourth-order valence-electron chi connectivity index (χ4n) is 2.71. The van der Waals surface area contributed by atoms with E-state index >= 15 is 0 Å². The number of halogens is 3. The van der Waals surface area contributed by atoms with E-state index in [1.54, 1.807) is 6.07 Å². The van der Waals surface area contributed by atoms with Gasteiger partial charge < -0.3 is 11.1 Å². The number of hydrogen-bond acceptors (Lipinski definition) is 1. The molecule has 1 aromatic carbocycles. The number of nitrogens with zero attached hydrogens (tertiary/aromatic N) is 1. The summed E-state index contributed by atoms with van der Waals surface area (Å²) in [6.45, 7) is 3.19. The van der Waals surface area contributed by atoms with Gasteiger partial charge in [-0.05, 0) is 30.9 Å². The van der Waals surface area contributed by atoms with Gasteiger partial charge in [-0.25, -0.2) is 0 Å². The number of aliphatic imine (C=N–C) groups is 1. The Morgan fingerprint density at radius 3 is 2.64 bits per heavy atom. The molecule has 0 spiro atoms. The molecular formula is C16H22F3N3. The Balaban J connectivity index is 2.17. The van der Waals surface area contributed by atoms with Crippen LogP contribution in [0.3, 0.4) is 0 Å². The van der Waals surface area contributed by atoms with E-state index in [4.69, 9.17) is 5.73 Å². The van der Waals surface area contributed by atoms with E-state index in [0.717, 1.165) is 38.3 Å². The highest BCUT2D eigenvalue weighted by atomic mass is 19.4. The summed E-state index contributed by atoms with van der Waals surface area (Å²) in [4.78, 5) is 4.33. The molecule has 0 bridgehead atoms. The molecule has 1 fully saturated rings. The second kappa shape index (κ2) is 6.58. The lowest BCUT2D eigenvalue weighted by Gasteiger charge is -2.41. The predicted molar refractivity (Wildman–Crippen MR) is 81.8 cm³/mol. The first-order valence-corrected chi connectivity index (χ1v) is 7.59. The van der Waals surface area contributed by atoms with Crippen molar-refractivity contribution in [1.29, 1.82) is 0 Å². The van der Waals surface area contributed by atoms with Gasteiger partial charge in [-0.3, -0.25) is 4.99 Å². The Hall–Kier alpha value is -1.72. The molecule has 1 aliphatic carbocycles. The molecule has 22 heavy (non-hydrogen) atoms. The highest BCUT2D eigenvalue weighted by Gasteiger charge is 2.40. The molecule has 0 unspecified atom stereocenters. The first kappa shape index (κ1) is 16.6. The second-order valence-electron chi connectivity index (χ2n) is 5.84. The van der Waals surface area contributed by atoms with Crippen molar-refractivity contribution in [3.63, 3.8) is 0 Å². The standard InChI is InChI=1S/C16H22F3N3/c1-2-9-21-14(20)22-11-15(7-4-8-15)12-5-3-6-13(10-12)16(17,18)19/h3,5-6,10H,2,4,7-9,11H2,1H3,(H3,20,21,22). The number of rotatable bonds is 5. The van der Waals surface area contributed by atoms with Crippen LogP contribution in [-0.4, -0.2) is 19.0 Å². The molecule has 1 aromatic rings. The van der Waals surface area contributed by atoms with Crippen LogP contribution in [0.25, 0.3) is 0 Å². The molecule has 2 rings (SSSR count). The summed E-state index contributed by atoms with van der Waals surface area (Å²) in [5.41, 5.74) is 5.59. The molecule has 1 aliphatic rings. The Kier molecular flexibility index (Phi) is 4.98. The molecule has 6 heteroatoms. The summed E-state index contributed by atoms with van der Waals surface area (Å²) >= 11 is 0. The summed E-state index contributed by atoms with van der Waals surface area (Å²) in [6, 6.07) is 5.60. The van der Waals surface area contributed by atoms with E-state index in [9.17, 15) is 13.2 Å². The molecule has 3 N–H and O–H groups in total. The molecular weight excluding hydrogens is 291 g/mol. The summed E-state index contributed by atoms with van der Waals surface area (Å²) < 4.78 is 38.6. The van der Waals surface area contributed by atoms with Crippen LogP contribution < -0.4 is 11.1 Å². The van der Waals surface area contributed by atoms with E-state index in [0.29, 0.717) is 18.1 Å². The van der Waals surface area contributed by atoms with Crippen molar-refractivity contribution in [2.45, 2.75) is 44.2 Å². The van der Waals surface area contributed by atoms with Gasteiger partial charge in [0.15, 0.2) is 5.96 Å². The largest absolute Gasteiger partial charge is 0.416 e. The van der Waals surface area contributed by atoms with E-state index < -0.39 is 11.7 Å². The molecule has 0 aliphatic heterocycles. The van der Waals surface area contributed by atoms with Crippen LogP contribution in [0.4, 0.5) is 13.2 Å². The fourth-order valence-corrected chi connectivity index (χ4v) is 2.71. The summed E-state index contributed by atoms with van der Waals surface area (Å²) in [5, 5.41) is 2.99. The zero-order valence-corrected chi connectivity index (χ0v) is 12.7. The minimum atomic E-state index is -4.31. The normalized spacial score (nSPS) is 17.9. The minimum Gasteiger partial charge on any atom is -0.370 e. The molecule has 0 heterocycles. The fraction of sp³-hybridized carbons (Fsp3) is 0.562. The van der Waals surface area contributed by atoms with Gasteiger partial charge in [-0.1, -0.05) is 31.5 Å². The number of hydrogen-bond donors (Lipinski definition) is 2. The first-order valence-electron chi connectivity index (χ1n) is 7.59. The quantitative estimate of drug-likeness (QED) is 0.646. The zero-order valence-electron chi connectivity index (χ0n) is 12.7. The number of alkyl halides is 3. The minimum absolute atomic E-state index is 0.306. The lowest BCUT2D eigenvalue weighted by Crippen LogP contribution is -2.40. The van der Waals surface area contributed by atoms with E-state index in [1.165, 1.54) is 12.1 Å². The third kappa shape index (κ3) is 3.72. The summed E-state index contributed by atoms with van der Waals surface area (Å²) in [6.07, 6.45) is -0.674. The first-order chi connectivity index (χ1) is 10.4. The van der Waals surface area contributed by atoms with Crippen LogP contribution in [0.1, 0.15) is 43.7 Å². The number of benzene rings is 1. The third-order valence-corrected chi connectivity index (χ3v) is 4.22. The molecule has 0 radical (unpaired) electrons. The van der Waals surface area contributed by atoms with E-state index in [-0.39, 0.29) is 5.41 Å². The highest BCUT2D eigenvalue weighted by Crippen LogP contribution is 2.45. The van der Waals surface area contributed by atoms with E-state index in [1.807, 2.05) is 6.92 Å². The maximum atomic E-state index is 12.9. The van der Waals surface area contributed by atoms with Gasteiger partial charge in [-0.15, -0.1) is 0 Å². The van der Waals surface area contributed by atoms with Gasteiger partial charge in [0.1, 0.15) is 0 Å². The van der Waals surface area contributed by atoms with Crippen molar-refractivity contribution in [2.24, 2.45) is 10.7 Å². The van der Waals surface area contributed by atoms with Gasteiger partial charge in [0.25, 0.3) is 0 Å². The molecule has 3 nitrogen and oxygen atoms in total. The number of nitrogens with one attached hydrogen (secondary N) is 1. The third-order valence-electron chi connectivity index (χ3n) is 4.22. The van der Waals surface area contributed by atoms with Crippen LogP contribution >= 0.6 is 0 Å².